The van der Waals surface area contributed by atoms with Gasteiger partial charge >= 0.3 is 0 Å². The molecule has 0 saturated carbocycles. The Bertz CT molecular complexity index is 468. The van der Waals surface area contributed by atoms with Crippen LogP contribution in [0.3, 0.4) is 0 Å². The Morgan fingerprint density at radius 2 is 1.93 bits per heavy atom. The average molecular weight is 205 g/mol. The van der Waals surface area contributed by atoms with Gasteiger partial charge in [-0.1, -0.05) is 19.6 Å². The molecule has 2 rings (SSSR count). The molecule has 0 bridgehead atoms. The molecular weight excluding hydrogens is 190 g/mol. The lowest BCUT2D eigenvalue weighted by Gasteiger charge is -2.19. The van der Waals surface area contributed by atoms with Crippen LogP contribution in [0.25, 0.3) is 11.0 Å². The third-order valence-electron chi connectivity index (χ3n) is 2.40. The molecule has 2 aromatic rings. The molecule has 0 aliphatic heterocycles. The standard InChI is InChI=1S/C10H15N3Si/c1-8-9-5-6-13(14(2,3)4)10(9)12-7-11-8/h5-7H,1-4H3. The number of nitrogens with zero attached hydrogens (tertiary/aromatic N) is 3. The van der Waals surface area contributed by atoms with E-state index in [9.17, 15) is 0 Å². The zero-order valence-corrected chi connectivity index (χ0v) is 10.1. The summed E-state index contributed by atoms with van der Waals surface area (Å²) in [6.45, 7) is 8.95. The highest BCUT2D eigenvalue weighted by Gasteiger charge is 2.19. The van der Waals surface area contributed by atoms with Crippen molar-refractivity contribution in [3.8, 4) is 0 Å². The first-order valence-corrected chi connectivity index (χ1v) is 8.24. The summed E-state index contributed by atoms with van der Waals surface area (Å²) in [7, 11) is -1.34. The van der Waals surface area contributed by atoms with Crippen molar-refractivity contribution in [2.45, 2.75) is 26.6 Å². The predicted molar refractivity (Wildman–Crippen MR) is 61.0 cm³/mol. The summed E-state index contributed by atoms with van der Waals surface area (Å²) in [6, 6.07) is 2.11. The van der Waals surface area contributed by atoms with E-state index < -0.39 is 8.24 Å². The second-order valence-corrected chi connectivity index (χ2v) is 9.38. The van der Waals surface area contributed by atoms with Crippen molar-refractivity contribution >= 4 is 19.3 Å². The van der Waals surface area contributed by atoms with Gasteiger partial charge in [-0.05, 0) is 19.2 Å². The molecule has 0 aliphatic carbocycles. The van der Waals surface area contributed by atoms with Gasteiger partial charge in [-0.2, -0.15) is 0 Å². The number of fused-ring (bicyclic) bond motifs is 1. The van der Waals surface area contributed by atoms with Crippen molar-refractivity contribution < 1.29 is 0 Å². The minimum absolute atomic E-state index is 1.06. The SMILES string of the molecule is Cc1ncnc2c1ccn2[Si](C)(C)C. The smallest absolute Gasteiger partial charge is 0.154 e. The lowest BCUT2D eigenvalue weighted by Crippen LogP contribution is -2.31. The first-order valence-electron chi connectivity index (χ1n) is 4.79. The van der Waals surface area contributed by atoms with Crippen LogP contribution in [-0.4, -0.2) is 22.4 Å². The van der Waals surface area contributed by atoms with Crippen LogP contribution in [-0.2, 0) is 0 Å². The molecule has 2 aromatic heterocycles. The Balaban J connectivity index is 2.76. The highest BCUT2D eigenvalue weighted by molar-refractivity contribution is 6.75. The largest absolute Gasteiger partial charge is 0.360 e. The van der Waals surface area contributed by atoms with Gasteiger partial charge in [0.15, 0.2) is 8.24 Å². The molecule has 74 valence electrons. The third-order valence-corrected chi connectivity index (χ3v) is 4.21. The molecular formula is C10H15N3Si. The van der Waals surface area contributed by atoms with Crippen molar-refractivity contribution in [1.82, 2.24) is 14.2 Å². The van der Waals surface area contributed by atoms with E-state index >= 15 is 0 Å². The number of aryl methyl sites for hydroxylation is 1. The van der Waals surface area contributed by atoms with Gasteiger partial charge < -0.3 is 4.23 Å². The van der Waals surface area contributed by atoms with Crippen LogP contribution >= 0.6 is 0 Å². The van der Waals surface area contributed by atoms with E-state index in [1.807, 2.05) is 6.92 Å². The fraction of sp³-hybridized carbons (Fsp3) is 0.400. The van der Waals surface area contributed by atoms with E-state index in [-0.39, 0.29) is 0 Å². The Hall–Kier alpha value is -1.16. The number of hydrogen-bond acceptors (Lipinski definition) is 2. The van der Waals surface area contributed by atoms with Crippen molar-refractivity contribution in [2.75, 3.05) is 0 Å². The Kier molecular flexibility index (Phi) is 1.96. The molecule has 0 spiro atoms. The molecule has 0 saturated heterocycles. The quantitative estimate of drug-likeness (QED) is 0.669. The van der Waals surface area contributed by atoms with Gasteiger partial charge in [0, 0.05) is 5.39 Å². The monoisotopic (exact) mass is 205 g/mol. The van der Waals surface area contributed by atoms with Gasteiger partial charge in [0.25, 0.3) is 0 Å². The molecule has 4 heteroatoms. The maximum absolute atomic E-state index is 4.36. The summed E-state index contributed by atoms with van der Waals surface area (Å²) in [5, 5.41) is 1.18. The maximum atomic E-state index is 4.36. The summed E-state index contributed by atoms with van der Waals surface area (Å²) < 4.78 is 2.32. The van der Waals surface area contributed by atoms with Gasteiger partial charge in [-0.25, -0.2) is 9.97 Å². The first-order chi connectivity index (χ1) is 6.50. The van der Waals surface area contributed by atoms with E-state index in [1.54, 1.807) is 6.33 Å². The van der Waals surface area contributed by atoms with E-state index in [1.165, 1.54) is 5.39 Å². The Morgan fingerprint density at radius 1 is 1.21 bits per heavy atom. The van der Waals surface area contributed by atoms with Crippen LogP contribution in [0.1, 0.15) is 5.69 Å². The summed E-state index contributed by atoms with van der Waals surface area (Å²) in [5.74, 6) is 0. The summed E-state index contributed by atoms with van der Waals surface area (Å²) in [4.78, 5) is 8.55. The molecule has 0 aromatic carbocycles. The minimum atomic E-state index is -1.34. The van der Waals surface area contributed by atoms with Crippen LogP contribution in [0.2, 0.25) is 19.6 Å². The zero-order chi connectivity index (χ0) is 10.3. The van der Waals surface area contributed by atoms with E-state index in [2.05, 4.69) is 46.1 Å². The summed E-state index contributed by atoms with van der Waals surface area (Å²) >= 11 is 0. The molecule has 0 radical (unpaired) electrons. The summed E-state index contributed by atoms with van der Waals surface area (Å²) in [5.41, 5.74) is 2.14. The second kappa shape index (κ2) is 2.92. The molecule has 14 heavy (non-hydrogen) atoms. The normalized spacial score (nSPS) is 12.3. The fourth-order valence-electron chi connectivity index (χ4n) is 1.62. The van der Waals surface area contributed by atoms with Crippen molar-refractivity contribution in [3.05, 3.63) is 24.3 Å². The van der Waals surface area contributed by atoms with Crippen LogP contribution in [0.4, 0.5) is 0 Å². The lowest BCUT2D eigenvalue weighted by molar-refractivity contribution is 1.10. The third kappa shape index (κ3) is 1.35. The average Bonchev–Trinajstić information content (AvgIpc) is 2.47. The first kappa shape index (κ1) is 9.39. The molecule has 3 nitrogen and oxygen atoms in total. The van der Waals surface area contributed by atoms with Crippen LogP contribution in [0, 0.1) is 6.92 Å². The van der Waals surface area contributed by atoms with Gasteiger partial charge in [-0.3, -0.25) is 0 Å². The lowest BCUT2D eigenvalue weighted by atomic mass is 10.3. The van der Waals surface area contributed by atoms with E-state index in [0.29, 0.717) is 0 Å². The number of rotatable bonds is 1. The van der Waals surface area contributed by atoms with Gasteiger partial charge in [-0.15, -0.1) is 0 Å². The van der Waals surface area contributed by atoms with E-state index in [0.717, 1.165) is 11.3 Å². The van der Waals surface area contributed by atoms with Crippen molar-refractivity contribution in [3.63, 3.8) is 0 Å². The van der Waals surface area contributed by atoms with E-state index in [4.69, 9.17) is 0 Å². The molecule has 0 amide bonds. The second-order valence-electron chi connectivity index (χ2n) is 4.55. The highest BCUT2D eigenvalue weighted by atomic mass is 28.3. The Morgan fingerprint density at radius 3 is 2.57 bits per heavy atom. The number of hydrogen-bond donors (Lipinski definition) is 0. The van der Waals surface area contributed by atoms with Crippen LogP contribution in [0.15, 0.2) is 18.6 Å². The van der Waals surface area contributed by atoms with Crippen LogP contribution in [0.5, 0.6) is 0 Å². The summed E-state index contributed by atoms with van der Waals surface area (Å²) in [6.07, 6.45) is 3.78. The van der Waals surface area contributed by atoms with Gasteiger partial charge in [0.2, 0.25) is 0 Å². The van der Waals surface area contributed by atoms with Gasteiger partial charge in [0.05, 0.1) is 5.69 Å². The zero-order valence-electron chi connectivity index (χ0n) is 9.07. The topological polar surface area (TPSA) is 30.7 Å². The van der Waals surface area contributed by atoms with Gasteiger partial charge in [0.1, 0.15) is 12.0 Å². The highest BCUT2D eigenvalue weighted by Crippen LogP contribution is 2.19. The predicted octanol–water partition coefficient (Wildman–Crippen LogP) is 2.42. The molecule has 0 N–H and O–H groups in total. The molecule has 0 aliphatic rings. The fourth-order valence-corrected chi connectivity index (χ4v) is 2.95. The molecule has 0 fully saturated rings. The molecule has 2 heterocycles. The minimum Gasteiger partial charge on any atom is -0.360 e. The Labute approximate surface area is 84.9 Å². The maximum Gasteiger partial charge on any atom is 0.154 e. The molecule has 0 atom stereocenters. The number of aromatic nitrogens is 3. The van der Waals surface area contributed by atoms with Crippen LogP contribution < -0.4 is 0 Å². The van der Waals surface area contributed by atoms with Crippen molar-refractivity contribution in [1.29, 1.82) is 0 Å². The van der Waals surface area contributed by atoms with Crippen molar-refractivity contribution in [2.24, 2.45) is 0 Å². The molecule has 0 unspecified atom stereocenters.